The van der Waals surface area contributed by atoms with Gasteiger partial charge in [-0.1, -0.05) is 52.3 Å². The van der Waals surface area contributed by atoms with Gasteiger partial charge in [-0.2, -0.15) is 0 Å². The van der Waals surface area contributed by atoms with Gasteiger partial charge in [0.05, 0.1) is 5.69 Å². The minimum absolute atomic E-state index is 0.215. The molecule has 0 aliphatic heterocycles. The highest BCUT2D eigenvalue weighted by Gasteiger charge is 2.10. The Bertz CT molecular complexity index is 1170. The third kappa shape index (κ3) is 4.27. The van der Waals surface area contributed by atoms with Gasteiger partial charge in [0.2, 0.25) is 0 Å². The van der Waals surface area contributed by atoms with E-state index in [4.69, 9.17) is 12.2 Å². The van der Waals surface area contributed by atoms with E-state index in [1.165, 1.54) is 22.1 Å². The molecule has 0 saturated heterocycles. The molecular weight excluding hydrogens is 454 g/mol. The Balaban J connectivity index is 1.44. The normalized spacial score (nSPS) is 10.6. The zero-order chi connectivity index (χ0) is 19.5. The van der Waals surface area contributed by atoms with Crippen molar-refractivity contribution < 1.29 is 4.79 Å². The van der Waals surface area contributed by atoms with Gasteiger partial charge >= 0.3 is 0 Å². The molecule has 1 heterocycles. The number of hydrogen-bond donors (Lipinski definition) is 2. The maximum Gasteiger partial charge on any atom is 0.257 e. The Labute approximate surface area is 179 Å². The third-order valence-electron chi connectivity index (χ3n) is 4.10. The quantitative estimate of drug-likeness (QED) is 0.370. The number of fused-ring (bicyclic) bond motifs is 1. The summed E-state index contributed by atoms with van der Waals surface area (Å²) in [7, 11) is 0. The van der Waals surface area contributed by atoms with Crippen LogP contribution in [0.15, 0.2) is 76.6 Å². The molecule has 7 heteroatoms. The second kappa shape index (κ2) is 8.18. The smallest absolute Gasteiger partial charge is 0.257 e. The maximum absolute atomic E-state index is 12.2. The SMILES string of the molecule is O=C(NC(=S)Nc1nc(-c2ccc3ccccc3c2)cs1)c1ccc(Br)cc1. The van der Waals surface area contributed by atoms with E-state index in [2.05, 4.69) is 61.9 Å². The summed E-state index contributed by atoms with van der Waals surface area (Å²) in [5.41, 5.74) is 2.43. The van der Waals surface area contributed by atoms with E-state index < -0.39 is 0 Å². The van der Waals surface area contributed by atoms with Crippen LogP contribution in [0.3, 0.4) is 0 Å². The molecule has 0 aliphatic rings. The van der Waals surface area contributed by atoms with Crippen molar-refractivity contribution in [2.45, 2.75) is 0 Å². The number of nitrogens with one attached hydrogen (secondary N) is 2. The molecule has 3 aromatic carbocycles. The van der Waals surface area contributed by atoms with Crippen LogP contribution in [0.5, 0.6) is 0 Å². The van der Waals surface area contributed by atoms with Crippen molar-refractivity contribution in [3.8, 4) is 11.3 Å². The Kier molecular flexibility index (Phi) is 5.47. The van der Waals surface area contributed by atoms with Crippen molar-refractivity contribution in [1.29, 1.82) is 0 Å². The van der Waals surface area contributed by atoms with Gasteiger partial charge in [-0.25, -0.2) is 4.98 Å². The largest absolute Gasteiger partial charge is 0.308 e. The highest BCUT2D eigenvalue weighted by atomic mass is 79.9. The van der Waals surface area contributed by atoms with Gasteiger partial charge in [0.25, 0.3) is 5.91 Å². The first-order valence-electron chi connectivity index (χ1n) is 8.41. The lowest BCUT2D eigenvalue weighted by Crippen LogP contribution is -2.34. The fourth-order valence-electron chi connectivity index (χ4n) is 2.72. The predicted molar refractivity (Wildman–Crippen MR) is 123 cm³/mol. The van der Waals surface area contributed by atoms with Gasteiger partial charge in [0, 0.05) is 21.0 Å². The average Bonchev–Trinajstić information content (AvgIpc) is 3.16. The van der Waals surface area contributed by atoms with Crippen LogP contribution >= 0.6 is 39.5 Å². The van der Waals surface area contributed by atoms with Gasteiger partial charge < -0.3 is 5.32 Å². The summed E-state index contributed by atoms with van der Waals surface area (Å²) in [4.78, 5) is 16.8. The summed E-state index contributed by atoms with van der Waals surface area (Å²) in [6.07, 6.45) is 0. The van der Waals surface area contributed by atoms with Crippen LogP contribution in [0.4, 0.5) is 5.13 Å². The molecule has 0 bridgehead atoms. The molecule has 138 valence electrons. The maximum atomic E-state index is 12.2. The van der Waals surface area contributed by atoms with Crippen LogP contribution in [-0.2, 0) is 0 Å². The molecule has 1 amide bonds. The molecule has 0 unspecified atom stereocenters. The number of aromatic nitrogens is 1. The van der Waals surface area contributed by atoms with Gasteiger partial charge in [0.15, 0.2) is 10.2 Å². The van der Waals surface area contributed by atoms with Crippen LogP contribution in [0.2, 0.25) is 0 Å². The van der Waals surface area contributed by atoms with Gasteiger partial charge in [-0.3, -0.25) is 10.1 Å². The van der Waals surface area contributed by atoms with Gasteiger partial charge in [-0.05, 0) is 53.3 Å². The van der Waals surface area contributed by atoms with E-state index >= 15 is 0 Å². The number of halogens is 1. The molecule has 0 aliphatic carbocycles. The third-order valence-corrected chi connectivity index (χ3v) is 5.59. The molecule has 0 atom stereocenters. The summed E-state index contributed by atoms with van der Waals surface area (Å²) in [6.45, 7) is 0. The molecular formula is C21H14BrN3OS2. The lowest BCUT2D eigenvalue weighted by Gasteiger charge is -2.07. The number of amides is 1. The standard InChI is InChI=1S/C21H14BrN3OS2/c22-17-9-7-14(8-10-17)19(26)24-20(27)25-21-23-18(12-28-21)16-6-5-13-3-1-2-4-15(13)11-16/h1-12H,(H2,23,24,25,26,27). The van der Waals surface area contributed by atoms with Crippen molar-refractivity contribution in [2.75, 3.05) is 5.32 Å². The first-order chi connectivity index (χ1) is 13.6. The minimum atomic E-state index is -0.267. The van der Waals surface area contributed by atoms with E-state index in [1.54, 1.807) is 12.1 Å². The number of anilines is 1. The molecule has 4 nitrogen and oxygen atoms in total. The molecule has 4 rings (SSSR count). The van der Waals surface area contributed by atoms with Crippen LogP contribution in [-0.4, -0.2) is 16.0 Å². The van der Waals surface area contributed by atoms with Gasteiger partial charge in [-0.15, -0.1) is 11.3 Å². The molecule has 1 aromatic heterocycles. The number of rotatable bonds is 3. The highest BCUT2D eigenvalue weighted by Crippen LogP contribution is 2.27. The number of thiocarbonyl (C=S) groups is 1. The van der Waals surface area contributed by atoms with Crippen LogP contribution in [0, 0.1) is 0 Å². The fraction of sp³-hybridized carbons (Fsp3) is 0. The van der Waals surface area contributed by atoms with Crippen molar-refractivity contribution in [1.82, 2.24) is 10.3 Å². The topological polar surface area (TPSA) is 54.0 Å². The zero-order valence-electron chi connectivity index (χ0n) is 14.5. The van der Waals surface area contributed by atoms with E-state index in [0.29, 0.717) is 10.7 Å². The molecule has 0 fully saturated rings. The number of carbonyl (C=O) groups is 1. The summed E-state index contributed by atoms with van der Waals surface area (Å²) in [6, 6.07) is 21.5. The fourth-order valence-corrected chi connectivity index (χ4v) is 3.96. The molecule has 0 saturated carbocycles. The van der Waals surface area contributed by atoms with Crippen LogP contribution in [0.1, 0.15) is 10.4 Å². The second-order valence-electron chi connectivity index (χ2n) is 6.01. The van der Waals surface area contributed by atoms with E-state index in [9.17, 15) is 4.79 Å². The number of nitrogens with zero attached hydrogens (tertiary/aromatic N) is 1. The van der Waals surface area contributed by atoms with E-state index in [-0.39, 0.29) is 11.0 Å². The van der Waals surface area contributed by atoms with E-state index in [1.807, 2.05) is 29.6 Å². The molecule has 2 N–H and O–H groups in total. The molecule has 4 aromatic rings. The zero-order valence-corrected chi connectivity index (χ0v) is 17.7. The first-order valence-corrected chi connectivity index (χ1v) is 10.5. The molecule has 28 heavy (non-hydrogen) atoms. The van der Waals surface area contributed by atoms with Gasteiger partial charge in [0.1, 0.15) is 0 Å². The number of benzene rings is 3. The lowest BCUT2D eigenvalue weighted by atomic mass is 10.1. The number of hydrogen-bond acceptors (Lipinski definition) is 4. The van der Waals surface area contributed by atoms with Crippen molar-refractivity contribution >= 4 is 66.4 Å². The average molecular weight is 468 g/mol. The summed E-state index contributed by atoms with van der Waals surface area (Å²) in [5.74, 6) is -0.267. The second-order valence-corrected chi connectivity index (χ2v) is 8.20. The van der Waals surface area contributed by atoms with Crippen molar-refractivity contribution in [3.05, 3.63) is 82.1 Å². The molecule has 0 spiro atoms. The van der Waals surface area contributed by atoms with Crippen LogP contribution in [0.25, 0.3) is 22.0 Å². The summed E-state index contributed by atoms with van der Waals surface area (Å²) < 4.78 is 0.911. The molecule has 0 radical (unpaired) electrons. The Hall–Kier alpha value is -2.61. The van der Waals surface area contributed by atoms with Crippen molar-refractivity contribution in [3.63, 3.8) is 0 Å². The minimum Gasteiger partial charge on any atom is -0.308 e. The monoisotopic (exact) mass is 467 g/mol. The number of thiazole rings is 1. The first kappa shape index (κ1) is 18.7. The Morgan fingerprint density at radius 2 is 1.75 bits per heavy atom. The number of carbonyl (C=O) groups excluding carboxylic acids is 1. The van der Waals surface area contributed by atoms with Crippen molar-refractivity contribution in [2.24, 2.45) is 0 Å². The highest BCUT2D eigenvalue weighted by molar-refractivity contribution is 9.10. The summed E-state index contributed by atoms with van der Waals surface area (Å²) >= 11 is 10.0. The summed E-state index contributed by atoms with van der Waals surface area (Å²) in [5, 5.41) is 10.8. The Morgan fingerprint density at radius 1 is 1.00 bits per heavy atom. The Morgan fingerprint density at radius 3 is 2.54 bits per heavy atom. The lowest BCUT2D eigenvalue weighted by molar-refractivity contribution is 0.0977. The van der Waals surface area contributed by atoms with Crippen LogP contribution < -0.4 is 10.6 Å². The van der Waals surface area contributed by atoms with E-state index in [0.717, 1.165) is 15.7 Å². The predicted octanol–water partition coefficient (Wildman–Crippen LogP) is 5.85.